The van der Waals surface area contributed by atoms with E-state index in [9.17, 15) is 4.79 Å². The molecule has 1 aromatic carbocycles. The number of guanidine groups is 1. The fraction of sp³-hybridized carbons (Fsp3) is 0.556. The van der Waals surface area contributed by atoms with Crippen molar-refractivity contribution in [1.82, 2.24) is 15.5 Å². The highest BCUT2D eigenvalue weighted by Crippen LogP contribution is 2.32. The zero-order valence-corrected chi connectivity index (χ0v) is 18.6. The first-order valence-corrected chi connectivity index (χ1v) is 9.01. The van der Waals surface area contributed by atoms with Crippen LogP contribution in [0.1, 0.15) is 25.3 Å². The van der Waals surface area contributed by atoms with Crippen molar-refractivity contribution in [3.63, 3.8) is 0 Å². The molecule has 1 unspecified atom stereocenters. The summed E-state index contributed by atoms with van der Waals surface area (Å²) < 4.78 is 4.99. The van der Waals surface area contributed by atoms with Crippen LogP contribution in [0.3, 0.4) is 0 Å². The fourth-order valence-corrected chi connectivity index (χ4v) is 2.90. The first-order chi connectivity index (χ1) is 12.0. The number of alkyl carbamates (subject to hydrolysis) is 1. The number of nitrogens with one attached hydrogen (secondary N) is 2. The molecule has 0 heterocycles. The average molecular weight is 495 g/mol. The number of hydrogen-bond acceptors (Lipinski definition) is 3. The van der Waals surface area contributed by atoms with Gasteiger partial charge in [0.25, 0.3) is 0 Å². The van der Waals surface area contributed by atoms with Crippen LogP contribution in [0.2, 0.25) is 5.02 Å². The molecule has 6 nitrogen and oxygen atoms in total. The lowest BCUT2D eigenvalue weighted by Crippen LogP contribution is -2.48. The number of amides is 1. The molecule has 1 fully saturated rings. The topological polar surface area (TPSA) is 66.0 Å². The molecule has 0 aromatic heterocycles. The second kappa shape index (κ2) is 11.5. The van der Waals surface area contributed by atoms with Gasteiger partial charge in [0.15, 0.2) is 5.96 Å². The zero-order valence-electron chi connectivity index (χ0n) is 15.5. The average Bonchev–Trinajstić information content (AvgIpc) is 3.41. The number of hydrogen-bond donors (Lipinski definition) is 2. The minimum Gasteiger partial charge on any atom is -0.450 e. The minimum absolute atomic E-state index is 0. The molecular formula is C18H28ClIN4O2. The van der Waals surface area contributed by atoms with Crippen LogP contribution in [-0.2, 0) is 11.3 Å². The number of carbonyl (C=O) groups is 1. The maximum Gasteiger partial charge on any atom is 0.407 e. The summed E-state index contributed by atoms with van der Waals surface area (Å²) in [6, 6.07) is 7.82. The summed E-state index contributed by atoms with van der Waals surface area (Å²) in [7, 11) is 3.71. The Morgan fingerprint density at radius 3 is 2.69 bits per heavy atom. The molecule has 2 rings (SSSR count). The monoisotopic (exact) mass is 494 g/mol. The Morgan fingerprint density at radius 2 is 2.12 bits per heavy atom. The van der Waals surface area contributed by atoms with Gasteiger partial charge in [-0.1, -0.05) is 29.8 Å². The van der Waals surface area contributed by atoms with Gasteiger partial charge in [-0.2, -0.15) is 0 Å². The third-order valence-corrected chi connectivity index (χ3v) is 4.56. The molecule has 146 valence electrons. The third kappa shape index (κ3) is 7.19. The van der Waals surface area contributed by atoms with Gasteiger partial charge in [-0.3, -0.25) is 4.99 Å². The third-order valence-electron chi connectivity index (χ3n) is 4.19. The molecule has 0 radical (unpaired) electrons. The van der Waals surface area contributed by atoms with Crippen molar-refractivity contribution in [3.8, 4) is 0 Å². The van der Waals surface area contributed by atoms with E-state index >= 15 is 0 Å². The van der Waals surface area contributed by atoms with Gasteiger partial charge in [-0.05, 0) is 37.3 Å². The zero-order chi connectivity index (χ0) is 18.2. The van der Waals surface area contributed by atoms with Gasteiger partial charge in [-0.15, -0.1) is 24.0 Å². The van der Waals surface area contributed by atoms with Gasteiger partial charge < -0.3 is 20.3 Å². The number of aliphatic imine (C=N–C) groups is 1. The van der Waals surface area contributed by atoms with E-state index in [1.807, 2.05) is 36.2 Å². The normalized spacial score (nSPS) is 14.8. The molecule has 1 saturated carbocycles. The SMILES string of the molecule is CCOC(=O)NC(CNC(=NC)N(C)Cc1ccccc1Cl)C1CC1.I. The molecule has 1 atom stereocenters. The van der Waals surface area contributed by atoms with Crippen LogP contribution >= 0.6 is 35.6 Å². The van der Waals surface area contributed by atoms with E-state index in [4.69, 9.17) is 16.3 Å². The lowest BCUT2D eigenvalue weighted by Gasteiger charge is -2.25. The summed E-state index contributed by atoms with van der Waals surface area (Å²) in [4.78, 5) is 18.0. The predicted octanol–water partition coefficient (Wildman–Crippen LogP) is 3.49. The molecule has 0 bridgehead atoms. The molecule has 2 N–H and O–H groups in total. The van der Waals surface area contributed by atoms with E-state index in [0.717, 1.165) is 29.4 Å². The Kier molecular flexibility index (Phi) is 10.1. The van der Waals surface area contributed by atoms with E-state index < -0.39 is 0 Å². The first-order valence-electron chi connectivity index (χ1n) is 8.63. The van der Waals surface area contributed by atoms with Crippen molar-refractivity contribution in [1.29, 1.82) is 0 Å². The molecule has 8 heteroatoms. The number of rotatable bonds is 7. The second-order valence-corrected chi connectivity index (χ2v) is 6.59. The van der Waals surface area contributed by atoms with Crippen molar-refractivity contribution in [2.24, 2.45) is 10.9 Å². The molecule has 26 heavy (non-hydrogen) atoms. The first kappa shape index (κ1) is 22.8. The second-order valence-electron chi connectivity index (χ2n) is 6.18. The number of ether oxygens (including phenoxy) is 1. The lowest BCUT2D eigenvalue weighted by atomic mass is 10.2. The van der Waals surface area contributed by atoms with Crippen molar-refractivity contribution in [3.05, 3.63) is 34.9 Å². The van der Waals surface area contributed by atoms with Crippen LogP contribution in [0, 0.1) is 5.92 Å². The Morgan fingerprint density at radius 1 is 1.42 bits per heavy atom. The molecule has 0 spiro atoms. The van der Waals surface area contributed by atoms with E-state index in [-0.39, 0.29) is 36.1 Å². The van der Waals surface area contributed by atoms with Crippen LogP contribution in [-0.4, -0.2) is 50.2 Å². The smallest absolute Gasteiger partial charge is 0.407 e. The quantitative estimate of drug-likeness (QED) is 0.346. The summed E-state index contributed by atoms with van der Waals surface area (Å²) in [5.74, 6) is 1.26. The van der Waals surface area contributed by atoms with Gasteiger partial charge >= 0.3 is 6.09 Å². The summed E-state index contributed by atoms with van der Waals surface area (Å²) in [6.45, 7) is 3.44. The lowest BCUT2D eigenvalue weighted by molar-refractivity contribution is 0.146. The van der Waals surface area contributed by atoms with Crippen molar-refractivity contribution in [2.75, 3.05) is 27.2 Å². The van der Waals surface area contributed by atoms with Gasteiger partial charge in [0.2, 0.25) is 0 Å². The summed E-state index contributed by atoms with van der Waals surface area (Å²) in [6.07, 6.45) is 1.90. The highest BCUT2D eigenvalue weighted by atomic mass is 127. The summed E-state index contributed by atoms with van der Waals surface area (Å²) >= 11 is 6.23. The molecule has 1 aromatic rings. The summed E-state index contributed by atoms with van der Waals surface area (Å²) in [5.41, 5.74) is 1.04. The highest BCUT2D eigenvalue weighted by molar-refractivity contribution is 14.0. The van der Waals surface area contributed by atoms with Crippen LogP contribution in [0.4, 0.5) is 4.79 Å². The van der Waals surface area contributed by atoms with Crippen LogP contribution in [0.5, 0.6) is 0 Å². The van der Waals surface area contributed by atoms with Crippen molar-refractivity contribution < 1.29 is 9.53 Å². The molecule has 0 aliphatic heterocycles. The van der Waals surface area contributed by atoms with Crippen molar-refractivity contribution in [2.45, 2.75) is 32.4 Å². The Balaban J connectivity index is 0.00000338. The number of nitrogens with zero attached hydrogens (tertiary/aromatic N) is 2. The van der Waals surface area contributed by atoms with E-state index in [0.29, 0.717) is 25.6 Å². The van der Waals surface area contributed by atoms with Crippen molar-refractivity contribution >= 4 is 47.6 Å². The maximum absolute atomic E-state index is 11.7. The Labute approximate surface area is 177 Å². The standard InChI is InChI=1S/C18H27ClN4O2.HI/c1-4-25-18(24)22-16(13-9-10-13)11-21-17(20-2)23(3)12-14-7-5-6-8-15(14)19;/h5-8,13,16H,4,9-12H2,1-3H3,(H,20,21)(H,22,24);1H. The Bertz CT molecular complexity index is 611. The summed E-state index contributed by atoms with van der Waals surface area (Å²) in [5, 5.41) is 7.02. The van der Waals surface area contributed by atoms with Crippen LogP contribution < -0.4 is 10.6 Å². The molecule has 1 amide bonds. The van der Waals surface area contributed by atoms with Gasteiger partial charge in [-0.25, -0.2) is 4.79 Å². The van der Waals surface area contributed by atoms with Crippen LogP contribution in [0.25, 0.3) is 0 Å². The highest BCUT2D eigenvalue weighted by Gasteiger charge is 2.32. The van der Waals surface area contributed by atoms with Gasteiger partial charge in [0.05, 0.1) is 12.6 Å². The fourth-order valence-electron chi connectivity index (χ4n) is 2.70. The minimum atomic E-state index is -0.361. The maximum atomic E-state index is 11.7. The molecule has 1 aliphatic rings. The van der Waals surface area contributed by atoms with Gasteiger partial charge in [0, 0.05) is 32.2 Å². The molecule has 1 aliphatic carbocycles. The number of halogens is 2. The molecular weight excluding hydrogens is 467 g/mol. The van der Waals surface area contributed by atoms with Gasteiger partial charge in [0.1, 0.15) is 0 Å². The predicted molar refractivity (Wildman–Crippen MR) is 116 cm³/mol. The van der Waals surface area contributed by atoms with Crippen LogP contribution in [0.15, 0.2) is 29.3 Å². The number of carbonyl (C=O) groups excluding carboxylic acids is 1. The number of benzene rings is 1. The Hall–Kier alpha value is -1.22. The largest absolute Gasteiger partial charge is 0.450 e. The molecule has 0 saturated heterocycles. The van der Waals surface area contributed by atoms with E-state index in [2.05, 4.69) is 15.6 Å². The van der Waals surface area contributed by atoms with E-state index in [1.165, 1.54) is 0 Å². The van der Waals surface area contributed by atoms with E-state index in [1.54, 1.807) is 14.0 Å².